The van der Waals surface area contributed by atoms with Gasteiger partial charge in [-0.3, -0.25) is 0 Å². The van der Waals surface area contributed by atoms with Gasteiger partial charge in [0.1, 0.15) is 5.75 Å². The molecule has 0 spiro atoms. The highest BCUT2D eigenvalue weighted by atomic mass is 16.7. The average Bonchev–Trinajstić information content (AvgIpc) is 2.01. The van der Waals surface area contributed by atoms with E-state index >= 15 is 0 Å². The van der Waals surface area contributed by atoms with Crippen LogP contribution in [0.2, 0.25) is 0 Å². The minimum absolute atomic E-state index is 0.278. The zero-order valence-electron chi connectivity index (χ0n) is 6.76. The number of methoxy groups -OCH3 is 1. The van der Waals surface area contributed by atoms with Crippen LogP contribution in [0.5, 0.6) is 5.75 Å². The predicted octanol–water partition coefficient (Wildman–Crippen LogP) is 1.78. The molecule has 2 heteroatoms. The minimum Gasteiger partial charge on any atom is -0.467 e. The molecule has 0 aliphatic carbocycles. The van der Waals surface area contributed by atoms with Crippen LogP contribution >= 0.6 is 0 Å². The van der Waals surface area contributed by atoms with Crippen molar-refractivity contribution < 1.29 is 9.47 Å². The monoisotopic (exact) mass is 151 g/mol. The summed E-state index contributed by atoms with van der Waals surface area (Å²) in [7, 11) is 1.59. The van der Waals surface area contributed by atoms with Gasteiger partial charge in [0.15, 0.2) is 6.79 Å². The van der Waals surface area contributed by atoms with Crippen molar-refractivity contribution >= 4 is 0 Å². The van der Waals surface area contributed by atoms with E-state index in [1.165, 1.54) is 0 Å². The zero-order chi connectivity index (χ0) is 8.10. The summed E-state index contributed by atoms with van der Waals surface area (Å²) < 4.78 is 9.90. The SMILES string of the molecule is COCOc1[c]ccc(C)c1. The summed E-state index contributed by atoms with van der Waals surface area (Å²) in [5.74, 6) is 0.729. The molecule has 1 aromatic carbocycles. The van der Waals surface area contributed by atoms with E-state index in [0.29, 0.717) is 0 Å². The Balaban J connectivity index is 2.56. The lowest BCUT2D eigenvalue weighted by molar-refractivity contribution is 0.0509. The van der Waals surface area contributed by atoms with Crippen LogP contribution in [0.4, 0.5) is 0 Å². The highest BCUT2D eigenvalue weighted by Crippen LogP contribution is 2.10. The van der Waals surface area contributed by atoms with Gasteiger partial charge in [0.2, 0.25) is 0 Å². The lowest BCUT2D eigenvalue weighted by atomic mass is 10.2. The fourth-order valence-electron chi connectivity index (χ4n) is 0.758. The fraction of sp³-hybridized carbons (Fsp3) is 0.333. The van der Waals surface area contributed by atoms with Crippen molar-refractivity contribution in [1.29, 1.82) is 0 Å². The first-order chi connectivity index (χ1) is 5.33. The van der Waals surface area contributed by atoms with E-state index in [0.717, 1.165) is 11.3 Å². The van der Waals surface area contributed by atoms with E-state index in [1.807, 2.05) is 25.1 Å². The third-order valence-electron chi connectivity index (χ3n) is 1.26. The average molecular weight is 151 g/mol. The molecule has 11 heavy (non-hydrogen) atoms. The van der Waals surface area contributed by atoms with E-state index < -0.39 is 0 Å². The van der Waals surface area contributed by atoms with Gasteiger partial charge in [0, 0.05) is 13.2 Å². The molecule has 0 saturated carbocycles. The van der Waals surface area contributed by atoms with Crippen molar-refractivity contribution in [3.05, 3.63) is 29.8 Å². The molecule has 0 bridgehead atoms. The molecule has 0 heterocycles. The summed E-state index contributed by atoms with van der Waals surface area (Å²) >= 11 is 0. The molecule has 1 radical (unpaired) electrons. The molecule has 0 atom stereocenters. The molecular formula is C9H11O2. The molecule has 1 aromatic rings. The number of hydrogen-bond donors (Lipinski definition) is 0. The van der Waals surface area contributed by atoms with E-state index in [2.05, 4.69) is 6.07 Å². The Labute approximate surface area is 66.8 Å². The number of hydrogen-bond acceptors (Lipinski definition) is 2. The van der Waals surface area contributed by atoms with Crippen LogP contribution in [-0.2, 0) is 4.74 Å². The molecule has 0 saturated heterocycles. The number of benzene rings is 1. The number of ether oxygens (including phenoxy) is 2. The van der Waals surface area contributed by atoms with Crippen molar-refractivity contribution in [3.8, 4) is 5.75 Å². The maximum Gasteiger partial charge on any atom is 0.188 e. The summed E-state index contributed by atoms with van der Waals surface area (Å²) in [5.41, 5.74) is 1.16. The van der Waals surface area contributed by atoms with Crippen molar-refractivity contribution in [2.45, 2.75) is 6.92 Å². The van der Waals surface area contributed by atoms with E-state index in [-0.39, 0.29) is 6.79 Å². The summed E-state index contributed by atoms with van der Waals surface area (Å²) in [5, 5.41) is 0. The lowest BCUT2D eigenvalue weighted by Gasteiger charge is -2.03. The Bertz CT molecular complexity index is 221. The molecule has 0 amide bonds. The van der Waals surface area contributed by atoms with Gasteiger partial charge in [0.05, 0.1) is 0 Å². The predicted molar refractivity (Wildman–Crippen MR) is 42.5 cm³/mol. The Morgan fingerprint density at radius 3 is 3.00 bits per heavy atom. The molecule has 0 aromatic heterocycles. The zero-order valence-corrected chi connectivity index (χ0v) is 6.76. The van der Waals surface area contributed by atoms with E-state index in [9.17, 15) is 0 Å². The van der Waals surface area contributed by atoms with E-state index in [1.54, 1.807) is 7.11 Å². The topological polar surface area (TPSA) is 18.5 Å². The number of rotatable bonds is 3. The van der Waals surface area contributed by atoms with E-state index in [4.69, 9.17) is 9.47 Å². The molecule has 0 N–H and O–H groups in total. The minimum atomic E-state index is 0.278. The normalized spacial score (nSPS) is 9.64. The van der Waals surface area contributed by atoms with Crippen LogP contribution in [-0.4, -0.2) is 13.9 Å². The fourth-order valence-corrected chi connectivity index (χ4v) is 0.758. The van der Waals surface area contributed by atoms with Gasteiger partial charge in [-0.25, -0.2) is 0 Å². The Hall–Kier alpha value is -1.02. The molecule has 0 unspecified atom stereocenters. The summed E-state index contributed by atoms with van der Waals surface area (Å²) in [6.07, 6.45) is 0. The molecule has 0 fully saturated rings. The van der Waals surface area contributed by atoms with Crippen molar-refractivity contribution in [1.82, 2.24) is 0 Å². The lowest BCUT2D eigenvalue weighted by Crippen LogP contribution is -1.98. The largest absolute Gasteiger partial charge is 0.467 e. The third kappa shape index (κ3) is 2.60. The summed E-state index contributed by atoms with van der Waals surface area (Å²) in [6.45, 7) is 2.29. The highest BCUT2D eigenvalue weighted by molar-refractivity contribution is 5.25. The van der Waals surface area contributed by atoms with Crippen molar-refractivity contribution in [2.24, 2.45) is 0 Å². The number of aryl methyl sites for hydroxylation is 1. The summed E-state index contributed by atoms with van der Waals surface area (Å²) in [6, 6.07) is 8.66. The second-order valence-electron chi connectivity index (χ2n) is 2.28. The van der Waals surface area contributed by atoms with Crippen LogP contribution in [0.15, 0.2) is 18.2 Å². The van der Waals surface area contributed by atoms with Crippen LogP contribution in [0, 0.1) is 13.0 Å². The van der Waals surface area contributed by atoms with Gasteiger partial charge in [-0.2, -0.15) is 0 Å². The van der Waals surface area contributed by atoms with Gasteiger partial charge in [-0.15, -0.1) is 0 Å². The smallest absolute Gasteiger partial charge is 0.188 e. The standard InChI is InChI=1S/C9H11O2/c1-8-4-3-5-9(6-8)11-7-10-2/h3-4,6H,7H2,1-2H3. The Morgan fingerprint density at radius 1 is 1.55 bits per heavy atom. The molecule has 0 aliphatic rings. The van der Waals surface area contributed by atoms with Crippen molar-refractivity contribution in [2.75, 3.05) is 13.9 Å². The molecule has 0 aliphatic heterocycles. The first kappa shape index (κ1) is 8.08. The van der Waals surface area contributed by atoms with Crippen LogP contribution < -0.4 is 4.74 Å². The third-order valence-corrected chi connectivity index (χ3v) is 1.26. The Kier molecular flexibility index (Phi) is 2.93. The van der Waals surface area contributed by atoms with Gasteiger partial charge in [-0.05, 0) is 18.6 Å². The van der Waals surface area contributed by atoms with Crippen molar-refractivity contribution in [3.63, 3.8) is 0 Å². The first-order valence-corrected chi connectivity index (χ1v) is 3.43. The van der Waals surface area contributed by atoms with Crippen LogP contribution in [0.3, 0.4) is 0 Å². The summed E-state index contributed by atoms with van der Waals surface area (Å²) in [4.78, 5) is 0. The van der Waals surface area contributed by atoms with Gasteiger partial charge in [0.25, 0.3) is 0 Å². The van der Waals surface area contributed by atoms with Crippen LogP contribution in [0.1, 0.15) is 5.56 Å². The molecule has 59 valence electrons. The molecule has 2 nitrogen and oxygen atoms in total. The van der Waals surface area contributed by atoms with Crippen LogP contribution in [0.25, 0.3) is 0 Å². The maximum absolute atomic E-state index is 5.16. The quantitative estimate of drug-likeness (QED) is 0.613. The Morgan fingerprint density at radius 2 is 2.36 bits per heavy atom. The van der Waals surface area contributed by atoms with Gasteiger partial charge >= 0.3 is 0 Å². The van der Waals surface area contributed by atoms with Gasteiger partial charge in [-0.1, -0.05) is 12.1 Å². The highest BCUT2D eigenvalue weighted by Gasteiger charge is 1.91. The molecular weight excluding hydrogens is 140 g/mol. The second-order valence-corrected chi connectivity index (χ2v) is 2.28. The second kappa shape index (κ2) is 3.98. The molecule has 1 rings (SSSR count). The maximum atomic E-state index is 5.16. The first-order valence-electron chi connectivity index (χ1n) is 3.43. The van der Waals surface area contributed by atoms with Gasteiger partial charge < -0.3 is 9.47 Å².